The van der Waals surface area contributed by atoms with Crippen molar-refractivity contribution in [3.05, 3.63) is 71.3 Å². The van der Waals surface area contributed by atoms with E-state index >= 15 is 0 Å². The molecule has 2 aliphatic heterocycles. The van der Waals surface area contributed by atoms with Crippen molar-refractivity contribution >= 4 is 17.3 Å². The molecule has 32 heavy (non-hydrogen) atoms. The molecule has 0 unspecified atom stereocenters. The summed E-state index contributed by atoms with van der Waals surface area (Å²) in [5.41, 5.74) is 5.51. The fourth-order valence-corrected chi connectivity index (χ4v) is 5.01. The second kappa shape index (κ2) is 8.44. The highest BCUT2D eigenvalue weighted by Crippen LogP contribution is 2.42. The number of aryl methyl sites for hydroxylation is 1. The molecular weight excluding hydrogens is 424 g/mol. The van der Waals surface area contributed by atoms with Crippen LogP contribution in [0.3, 0.4) is 0 Å². The van der Waals surface area contributed by atoms with Gasteiger partial charge < -0.3 is 29.0 Å². The number of thiocarbonyl (C=S) groups is 1. The van der Waals surface area contributed by atoms with Gasteiger partial charge in [-0.2, -0.15) is 0 Å². The SMILES string of the molecule is COCCN1C(=S)N[C@H](c2ccccn2)[C@@H]1c1cc(C)n(-c2ccc3c(c2)OCO3)c1C. The minimum atomic E-state index is -0.0498. The van der Waals surface area contributed by atoms with Gasteiger partial charge in [0, 0.05) is 43.0 Å². The Morgan fingerprint density at radius 1 is 1.16 bits per heavy atom. The lowest BCUT2D eigenvalue weighted by molar-refractivity contribution is 0.164. The number of hydrogen-bond acceptors (Lipinski definition) is 5. The van der Waals surface area contributed by atoms with E-state index in [-0.39, 0.29) is 18.9 Å². The van der Waals surface area contributed by atoms with Gasteiger partial charge in [0.2, 0.25) is 6.79 Å². The zero-order valence-electron chi connectivity index (χ0n) is 18.4. The second-order valence-corrected chi connectivity index (χ2v) is 8.40. The van der Waals surface area contributed by atoms with Crippen molar-refractivity contribution < 1.29 is 14.2 Å². The maximum absolute atomic E-state index is 5.73. The fourth-order valence-electron chi connectivity index (χ4n) is 4.68. The molecular formula is C24H26N4O3S. The molecule has 7 nitrogen and oxygen atoms in total. The van der Waals surface area contributed by atoms with Gasteiger partial charge in [-0.15, -0.1) is 0 Å². The molecule has 0 bridgehead atoms. The first-order valence-corrected chi connectivity index (χ1v) is 11.0. The Balaban J connectivity index is 1.59. The molecule has 1 N–H and O–H groups in total. The van der Waals surface area contributed by atoms with Gasteiger partial charge in [0.15, 0.2) is 16.6 Å². The first-order chi connectivity index (χ1) is 15.6. The van der Waals surface area contributed by atoms with Crippen molar-refractivity contribution in [2.75, 3.05) is 27.1 Å². The number of rotatable bonds is 6. The predicted molar refractivity (Wildman–Crippen MR) is 125 cm³/mol. The quantitative estimate of drug-likeness (QED) is 0.573. The Kier molecular flexibility index (Phi) is 5.48. The number of fused-ring (bicyclic) bond motifs is 1. The summed E-state index contributed by atoms with van der Waals surface area (Å²) in [5, 5.41) is 4.22. The van der Waals surface area contributed by atoms with Crippen molar-refractivity contribution in [3.8, 4) is 17.2 Å². The van der Waals surface area contributed by atoms with E-state index in [1.165, 1.54) is 5.56 Å². The van der Waals surface area contributed by atoms with Gasteiger partial charge in [0.05, 0.1) is 24.4 Å². The summed E-state index contributed by atoms with van der Waals surface area (Å²) in [6.07, 6.45) is 1.82. The summed E-state index contributed by atoms with van der Waals surface area (Å²) in [6, 6.07) is 14.2. The van der Waals surface area contributed by atoms with Crippen LogP contribution < -0.4 is 14.8 Å². The molecule has 2 aromatic heterocycles. The van der Waals surface area contributed by atoms with Crippen molar-refractivity contribution in [1.29, 1.82) is 0 Å². The monoisotopic (exact) mass is 450 g/mol. The minimum absolute atomic E-state index is 0.00140. The van der Waals surface area contributed by atoms with Crippen LogP contribution in [-0.4, -0.2) is 46.6 Å². The van der Waals surface area contributed by atoms with Crippen molar-refractivity contribution in [1.82, 2.24) is 19.8 Å². The summed E-state index contributed by atoms with van der Waals surface area (Å²) in [5.74, 6) is 1.55. The predicted octanol–water partition coefficient (Wildman–Crippen LogP) is 3.84. The molecule has 1 saturated heterocycles. The summed E-state index contributed by atoms with van der Waals surface area (Å²) >= 11 is 5.73. The number of hydrogen-bond donors (Lipinski definition) is 1. The number of pyridine rings is 1. The summed E-state index contributed by atoms with van der Waals surface area (Å²) < 4.78 is 18.7. The van der Waals surface area contributed by atoms with E-state index in [0.29, 0.717) is 13.2 Å². The average Bonchev–Trinajstić information content (AvgIpc) is 3.48. The number of nitrogens with zero attached hydrogens (tertiary/aromatic N) is 3. The Morgan fingerprint density at radius 2 is 2.00 bits per heavy atom. The van der Waals surface area contributed by atoms with E-state index in [0.717, 1.165) is 39.4 Å². The summed E-state index contributed by atoms with van der Waals surface area (Å²) in [6.45, 7) is 5.83. The maximum atomic E-state index is 5.73. The smallest absolute Gasteiger partial charge is 0.231 e. The molecule has 2 atom stereocenters. The lowest BCUT2D eigenvalue weighted by atomic mass is 9.97. The molecule has 0 radical (unpaired) electrons. The molecule has 0 spiro atoms. The van der Waals surface area contributed by atoms with Crippen LogP contribution in [0, 0.1) is 13.8 Å². The molecule has 166 valence electrons. The molecule has 0 saturated carbocycles. The Bertz CT molecular complexity index is 1150. The molecule has 0 aliphatic carbocycles. The number of aromatic nitrogens is 2. The van der Waals surface area contributed by atoms with Gasteiger partial charge >= 0.3 is 0 Å². The summed E-state index contributed by atoms with van der Waals surface area (Å²) in [7, 11) is 1.71. The zero-order valence-corrected chi connectivity index (χ0v) is 19.2. The van der Waals surface area contributed by atoms with Crippen LogP contribution in [0.1, 0.15) is 34.7 Å². The highest BCUT2D eigenvalue weighted by Gasteiger charge is 2.41. The molecule has 3 aromatic rings. The van der Waals surface area contributed by atoms with Crippen LogP contribution in [0.5, 0.6) is 11.5 Å². The molecule has 5 rings (SSSR count). The summed E-state index contributed by atoms with van der Waals surface area (Å²) in [4.78, 5) is 6.84. The number of nitrogens with one attached hydrogen (secondary N) is 1. The number of methoxy groups -OCH3 is 1. The van der Waals surface area contributed by atoms with E-state index < -0.39 is 0 Å². The van der Waals surface area contributed by atoms with Crippen LogP contribution in [-0.2, 0) is 4.74 Å². The third kappa shape index (κ3) is 3.49. The van der Waals surface area contributed by atoms with Crippen LogP contribution in [0.2, 0.25) is 0 Å². The van der Waals surface area contributed by atoms with Gasteiger partial charge in [-0.25, -0.2) is 0 Å². The first-order valence-electron chi connectivity index (χ1n) is 10.6. The number of benzene rings is 1. The Morgan fingerprint density at radius 3 is 2.78 bits per heavy atom. The highest BCUT2D eigenvalue weighted by molar-refractivity contribution is 7.80. The lowest BCUT2D eigenvalue weighted by Crippen LogP contribution is -2.32. The first kappa shape index (κ1) is 20.8. The van der Waals surface area contributed by atoms with E-state index in [1.807, 2.05) is 36.5 Å². The van der Waals surface area contributed by atoms with Gasteiger partial charge in [0.25, 0.3) is 0 Å². The van der Waals surface area contributed by atoms with E-state index in [4.69, 9.17) is 26.4 Å². The molecule has 2 aliphatic rings. The molecule has 1 fully saturated rings. The van der Waals surface area contributed by atoms with Gasteiger partial charge in [-0.1, -0.05) is 6.07 Å². The Labute approximate surface area is 192 Å². The van der Waals surface area contributed by atoms with Gasteiger partial charge in [-0.3, -0.25) is 4.98 Å². The zero-order chi connectivity index (χ0) is 22.2. The standard InChI is InChI=1S/C24H26N4O3S/c1-15-12-18(16(2)28(15)17-7-8-20-21(13-17)31-14-30-20)23-22(19-6-4-5-9-25-19)26-24(32)27(23)10-11-29-3/h4-9,12-13,22-23H,10-11,14H2,1-3H3,(H,26,32)/t22-,23+/m1/s1. The van der Waals surface area contributed by atoms with Crippen molar-refractivity contribution in [3.63, 3.8) is 0 Å². The van der Waals surface area contributed by atoms with Crippen LogP contribution in [0.4, 0.5) is 0 Å². The third-order valence-corrected chi connectivity index (χ3v) is 6.49. The van der Waals surface area contributed by atoms with Crippen molar-refractivity contribution in [2.24, 2.45) is 0 Å². The second-order valence-electron chi connectivity index (χ2n) is 8.01. The van der Waals surface area contributed by atoms with Gasteiger partial charge in [-0.05, 0) is 62.0 Å². The average molecular weight is 451 g/mol. The van der Waals surface area contributed by atoms with Crippen molar-refractivity contribution in [2.45, 2.75) is 25.9 Å². The maximum Gasteiger partial charge on any atom is 0.231 e. The van der Waals surface area contributed by atoms with E-state index in [9.17, 15) is 0 Å². The van der Waals surface area contributed by atoms with Crippen LogP contribution in [0.25, 0.3) is 5.69 Å². The Hall–Kier alpha value is -3.10. The van der Waals surface area contributed by atoms with Crippen LogP contribution in [0.15, 0.2) is 48.7 Å². The number of ether oxygens (including phenoxy) is 3. The van der Waals surface area contributed by atoms with E-state index in [1.54, 1.807) is 7.11 Å². The molecule has 8 heteroatoms. The highest BCUT2D eigenvalue weighted by atomic mass is 32.1. The molecule has 1 aromatic carbocycles. The van der Waals surface area contributed by atoms with Crippen LogP contribution >= 0.6 is 12.2 Å². The molecule has 0 amide bonds. The fraction of sp³-hybridized carbons (Fsp3) is 0.333. The minimum Gasteiger partial charge on any atom is -0.454 e. The van der Waals surface area contributed by atoms with E-state index in [2.05, 4.69) is 45.7 Å². The normalized spacial score (nSPS) is 19.5. The lowest BCUT2D eigenvalue weighted by Gasteiger charge is -2.28. The van der Waals surface area contributed by atoms with Gasteiger partial charge in [0.1, 0.15) is 0 Å². The topological polar surface area (TPSA) is 60.8 Å². The largest absolute Gasteiger partial charge is 0.454 e. The third-order valence-electron chi connectivity index (χ3n) is 6.14. The molecule has 4 heterocycles.